The van der Waals surface area contributed by atoms with E-state index in [2.05, 4.69) is 10.7 Å². The van der Waals surface area contributed by atoms with Gasteiger partial charge in [-0.05, 0) is 36.5 Å². The van der Waals surface area contributed by atoms with Crippen molar-refractivity contribution in [3.63, 3.8) is 0 Å². The number of morpholine rings is 1. The van der Waals surface area contributed by atoms with Gasteiger partial charge in [-0.15, -0.1) is 0 Å². The molecule has 1 fully saturated rings. The van der Waals surface area contributed by atoms with Crippen molar-refractivity contribution in [2.75, 3.05) is 38.7 Å². The summed E-state index contributed by atoms with van der Waals surface area (Å²) in [6, 6.07) is 7.62. The SMILES string of the molecule is COc1ccc(NC(=S)NN2CCOCC2)cc1. The van der Waals surface area contributed by atoms with Crippen LogP contribution in [0.15, 0.2) is 24.3 Å². The largest absolute Gasteiger partial charge is 0.497 e. The quantitative estimate of drug-likeness (QED) is 0.803. The highest BCUT2D eigenvalue weighted by Crippen LogP contribution is 2.14. The molecule has 0 amide bonds. The van der Waals surface area contributed by atoms with Crippen LogP contribution >= 0.6 is 12.2 Å². The average Bonchev–Trinajstić information content (AvgIpc) is 2.40. The van der Waals surface area contributed by atoms with Gasteiger partial charge in [-0.2, -0.15) is 0 Å². The van der Waals surface area contributed by atoms with Crippen molar-refractivity contribution < 1.29 is 9.47 Å². The van der Waals surface area contributed by atoms with Gasteiger partial charge in [0, 0.05) is 18.8 Å². The summed E-state index contributed by atoms with van der Waals surface area (Å²) in [5.74, 6) is 0.826. The van der Waals surface area contributed by atoms with E-state index in [0.29, 0.717) is 5.11 Å². The summed E-state index contributed by atoms with van der Waals surface area (Å²) in [5, 5.41) is 5.75. The van der Waals surface area contributed by atoms with E-state index in [-0.39, 0.29) is 0 Å². The number of nitrogens with one attached hydrogen (secondary N) is 2. The third-order valence-electron chi connectivity index (χ3n) is 2.62. The second kappa shape index (κ2) is 6.53. The number of rotatable bonds is 3. The Morgan fingerprint density at radius 1 is 1.28 bits per heavy atom. The lowest BCUT2D eigenvalue weighted by Crippen LogP contribution is -2.49. The Morgan fingerprint density at radius 3 is 2.56 bits per heavy atom. The van der Waals surface area contributed by atoms with E-state index in [1.165, 1.54) is 0 Å². The third-order valence-corrected chi connectivity index (χ3v) is 2.81. The maximum Gasteiger partial charge on any atom is 0.185 e. The van der Waals surface area contributed by atoms with Crippen molar-refractivity contribution in [1.29, 1.82) is 0 Å². The molecule has 2 N–H and O–H groups in total. The van der Waals surface area contributed by atoms with Crippen LogP contribution in [0.4, 0.5) is 5.69 Å². The number of hydrogen-bond donors (Lipinski definition) is 2. The van der Waals surface area contributed by atoms with Crippen molar-refractivity contribution in [2.24, 2.45) is 0 Å². The number of benzene rings is 1. The molecular weight excluding hydrogens is 250 g/mol. The summed E-state index contributed by atoms with van der Waals surface area (Å²) in [7, 11) is 1.65. The molecule has 1 aromatic rings. The molecule has 0 unspecified atom stereocenters. The van der Waals surface area contributed by atoms with Crippen molar-refractivity contribution in [1.82, 2.24) is 10.4 Å². The van der Waals surface area contributed by atoms with Crippen LogP contribution in [0.2, 0.25) is 0 Å². The summed E-state index contributed by atoms with van der Waals surface area (Å²) in [6.45, 7) is 3.14. The van der Waals surface area contributed by atoms with Crippen LogP contribution in [0.1, 0.15) is 0 Å². The van der Waals surface area contributed by atoms with Crippen LogP contribution in [0.3, 0.4) is 0 Å². The van der Waals surface area contributed by atoms with E-state index in [1.807, 2.05) is 29.3 Å². The Hall–Kier alpha value is -1.37. The van der Waals surface area contributed by atoms with E-state index in [0.717, 1.165) is 37.7 Å². The highest BCUT2D eigenvalue weighted by Gasteiger charge is 2.10. The van der Waals surface area contributed by atoms with Gasteiger partial charge < -0.3 is 14.8 Å². The highest BCUT2D eigenvalue weighted by molar-refractivity contribution is 7.80. The molecule has 18 heavy (non-hydrogen) atoms. The lowest BCUT2D eigenvalue weighted by Gasteiger charge is -2.28. The molecule has 0 aromatic heterocycles. The zero-order valence-electron chi connectivity index (χ0n) is 10.3. The molecule has 2 rings (SSSR count). The molecule has 1 aliphatic rings. The first-order valence-electron chi connectivity index (χ1n) is 5.82. The Labute approximate surface area is 112 Å². The van der Waals surface area contributed by atoms with Gasteiger partial charge in [0.2, 0.25) is 0 Å². The first kappa shape index (κ1) is 13.1. The summed E-state index contributed by atoms with van der Waals surface area (Å²) in [6.07, 6.45) is 0. The number of nitrogens with zero attached hydrogens (tertiary/aromatic N) is 1. The molecule has 1 heterocycles. The van der Waals surface area contributed by atoms with Crippen molar-refractivity contribution in [3.05, 3.63) is 24.3 Å². The molecule has 0 saturated carbocycles. The van der Waals surface area contributed by atoms with Crippen LogP contribution in [0.5, 0.6) is 5.75 Å². The lowest BCUT2D eigenvalue weighted by molar-refractivity contribution is 0.0252. The first-order chi connectivity index (χ1) is 8.78. The maximum absolute atomic E-state index is 5.27. The molecule has 0 aliphatic carbocycles. The van der Waals surface area contributed by atoms with E-state index in [4.69, 9.17) is 21.7 Å². The van der Waals surface area contributed by atoms with E-state index in [1.54, 1.807) is 7.11 Å². The number of methoxy groups -OCH3 is 1. The monoisotopic (exact) mass is 267 g/mol. The van der Waals surface area contributed by atoms with Crippen LogP contribution < -0.4 is 15.5 Å². The van der Waals surface area contributed by atoms with Crippen molar-refractivity contribution >= 4 is 23.0 Å². The van der Waals surface area contributed by atoms with Gasteiger partial charge in [-0.3, -0.25) is 5.43 Å². The van der Waals surface area contributed by atoms with Gasteiger partial charge in [0.15, 0.2) is 5.11 Å². The van der Waals surface area contributed by atoms with E-state index >= 15 is 0 Å². The minimum absolute atomic E-state index is 0.585. The lowest BCUT2D eigenvalue weighted by atomic mass is 10.3. The second-order valence-corrected chi connectivity index (χ2v) is 4.30. The fourth-order valence-corrected chi connectivity index (χ4v) is 1.90. The third kappa shape index (κ3) is 3.83. The fraction of sp³-hybridized carbons (Fsp3) is 0.417. The number of ether oxygens (including phenoxy) is 2. The zero-order valence-corrected chi connectivity index (χ0v) is 11.1. The predicted molar refractivity (Wildman–Crippen MR) is 74.7 cm³/mol. The summed E-state index contributed by atoms with van der Waals surface area (Å²) in [4.78, 5) is 0. The average molecular weight is 267 g/mol. The standard InChI is InChI=1S/C12H17N3O2S/c1-16-11-4-2-10(3-5-11)13-12(18)14-15-6-8-17-9-7-15/h2-5H,6-9H2,1H3,(H2,13,14,18). The molecule has 0 radical (unpaired) electrons. The topological polar surface area (TPSA) is 45.8 Å². The maximum atomic E-state index is 5.27. The smallest absolute Gasteiger partial charge is 0.185 e. The Balaban J connectivity index is 1.82. The highest BCUT2D eigenvalue weighted by atomic mass is 32.1. The fourth-order valence-electron chi connectivity index (χ4n) is 1.65. The molecule has 98 valence electrons. The first-order valence-corrected chi connectivity index (χ1v) is 6.23. The van der Waals surface area contributed by atoms with Gasteiger partial charge in [-0.25, -0.2) is 5.01 Å². The van der Waals surface area contributed by atoms with Crippen molar-refractivity contribution in [3.8, 4) is 5.75 Å². The number of hydrazine groups is 1. The molecule has 0 bridgehead atoms. The van der Waals surface area contributed by atoms with Crippen LogP contribution in [-0.2, 0) is 4.74 Å². The van der Waals surface area contributed by atoms with Gasteiger partial charge in [0.1, 0.15) is 5.75 Å². The predicted octanol–water partition coefficient (Wildman–Crippen LogP) is 1.23. The van der Waals surface area contributed by atoms with E-state index in [9.17, 15) is 0 Å². The molecule has 6 heteroatoms. The molecule has 1 aromatic carbocycles. The summed E-state index contributed by atoms with van der Waals surface area (Å²) >= 11 is 5.24. The second-order valence-electron chi connectivity index (χ2n) is 3.89. The molecule has 0 atom stereocenters. The Bertz CT molecular complexity index is 391. The number of anilines is 1. The van der Waals surface area contributed by atoms with Crippen LogP contribution in [0, 0.1) is 0 Å². The summed E-state index contributed by atoms with van der Waals surface area (Å²) in [5.41, 5.74) is 4.07. The minimum Gasteiger partial charge on any atom is -0.497 e. The van der Waals surface area contributed by atoms with Crippen LogP contribution in [0.25, 0.3) is 0 Å². The summed E-state index contributed by atoms with van der Waals surface area (Å²) < 4.78 is 10.4. The van der Waals surface area contributed by atoms with Gasteiger partial charge >= 0.3 is 0 Å². The molecule has 1 saturated heterocycles. The van der Waals surface area contributed by atoms with Gasteiger partial charge in [-0.1, -0.05) is 0 Å². The normalized spacial score (nSPS) is 16.1. The minimum atomic E-state index is 0.585. The molecule has 0 spiro atoms. The number of thiocarbonyl (C=S) groups is 1. The Morgan fingerprint density at radius 2 is 1.94 bits per heavy atom. The van der Waals surface area contributed by atoms with Crippen LogP contribution in [-0.4, -0.2) is 43.5 Å². The number of hydrogen-bond acceptors (Lipinski definition) is 4. The molecule has 1 aliphatic heterocycles. The molecule has 5 nitrogen and oxygen atoms in total. The Kier molecular flexibility index (Phi) is 4.74. The zero-order chi connectivity index (χ0) is 12.8. The van der Waals surface area contributed by atoms with Gasteiger partial charge in [0.25, 0.3) is 0 Å². The van der Waals surface area contributed by atoms with Crippen molar-refractivity contribution in [2.45, 2.75) is 0 Å². The van der Waals surface area contributed by atoms with E-state index < -0.39 is 0 Å². The van der Waals surface area contributed by atoms with Gasteiger partial charge in [0.05, 0.1) is 20.3 Å². The molecular formula is C12H17N3O2S.